The monoisotopic (exact) mass is 849 g/mol. The van der Waals surface area contributed by atoms with Gasteiger partial charge >= 0.3 is 30.5 Å². The number of aromatic nitrogens is 6. The van der Waals surface area contributed by atoms with Crippen LogP contribution in [0.2, 0.25) is 0 Å². The molecule has 0 radical (unpaired) electrons. The van der Waals surface area contributed by atoms with Crippen LogP contribution in [0.3, 0.4) is 0 Å². The molecule has 0 aliphatic carbocycles. The van der Waals surface area contributed by atoms with Crippen molar-refractivity contribution in [1.82, 2.24) is 34.4 Å². The van der Waals surface area contributed by atoms with Crippen LogP contribution in [0.4, 0.5) is 43.9 Å². The maximum absolute atomic E-state index is 13.0. The number of hydrogen-bond acceptors (Lipinski definition) is 10. The molecule has 0 spiro atoms. The predicted molar refractivity (Wildman–Crippen MR) is 185 cm³/mol. The van der Waals surface area contributed by atoms with Gasteiger partial charge in [0.25, 0.3) is 0 Å². The molecule has 0 aliphatic heterocycles. The summed E-state index contributed by atoms with van der Waals surface area (Å²) in [5.74, 6) is -1.20. The molecule has 6 aromatic rings. The van der Waals surface area contributed by atoms with Gasteiger partial charge in [-0.2, -0.15) is 43.9 Å². The largest absolute Gasteiger partial charge is 0.499 e. The fraction of sp³-hybridized carbons (Fsp3) is 0.167. The van der Waals surface area contributed by atoms with Gasteiger partial charge in [-0.25, -0.2) is 29.1 Å². The minimum Gasteiger partial charge on any atom is -0.426 e. The molecule has 24 heteroatoms. The Hall–Kier alpha value is -7.58. The van der Waals surface area contributed by atoms with E-state index >= 15 is 0 Å². The minimum absolute atomic E-state index is 0.0215. The van der Waals surface area contributed by atoms with E-state index in [0.29, 0.717) is 39.7 Å². The lowest BCUT2D eigenvalue weighted by atomic mass is 10.1. The van der Waals surface area contributed by atoms with Gasteiger partial charge in [0.2, 0.25) is 11.0 Å². The van der Waals surface area contributed by atoms with E-state index in [1.54, 1.807) is 48.5 Å². The van der Waals surface area contributed by atoms with Gasteiger partial charge in [0, 0.05) is 11.1 Å². The molecule has 0 bridgehead atoms. The Kier molecular flexibility index (Phi) is 13.0. The second-order valence-electron chi connectivity index (χ2n) is 11.8. The first-order chi connectivity index (χ1) is 28.3. The number of alkyl halides is 10. The summed E-state index contributed by atoms with van der Waals surface area (Å²) in [7, 11) is 0. The molecule has 1 amide bonds. The van der Waals surface area contributed by atoms with E-state index in [1.165, 1.54) is 52.4 Å². The molecule has 0 fully saturated rings. The molecular formula is C36H23F10N10O4+. The Morgan fingerprint density at radius 2 is 1.03 bits per heavy atom. The molecule has 6 rings (SSSR count). The molecule has 0 unspecified atom stereocenters. The van der Waals surface area contributed by atoms with Gasteiger partial charge in [-0.1, -0.05) is 48.5 Å². The molecule has 0 saturated heterocycles. The van der Waals surface area contributed by atoms with Gasteiger partial charge in [0.15, 0.2) is 16.8 Å². The van der Waals surface area contributed by atoms with Crippen LogP contribution in [-0.2, 0) is 22.6 Å². The van der Waals surface area contributed by atoms with Crippen LogP contribution in [0.1, 0.15) is 11.1 Å². The average Bonchev–Trinajstić information content (AvgIpc) is 3.89. The summed E-state index contributed by atoms with van der Waals surface area (Å²) in [5.41, 5.74) is 9.98. The number of nitrogens with one attached hydrogen (secondary N) is 1. The lowest BCUT2D eigenvalue weighted by Gasteiger charge is -2.20. The third-order valence-corrected chi connectivity index (χ3v) is 7.61. The van der Waals surface area contributed by atoms with Crippen LogP contribution >= 0.6 is 0 Å². The van der Waals surface area contributed by atoms with E-state index < -0.39 is 42.0 Å². The highest BCUT2D eigenvalue weighted by Gasteiger charge is 2.62. The van der Waals surface area contributed by atoms with Crippen molar-refractivity contribution in [2.45, 2.75) is 37.5 Å². The first kappa shape index (κ1) is 43.5. The van der Waals surface area contributed by atoms with Crippen molar-refractivity contribution >= 4 is 12.0 Å². The van der Waals surface area contributed by atoms with Crippen molar-refractivity contribution in [2.24, 2.45) is 10.1 Å². The number of ether oxygens (including phenoxy) is 2. The molecule has 1 N–H and O–H groups in total. The molecule has 0 aliphatic rings. The minimum atomic E-state index is -5.83. The molecule has 0 atom stereocenters. The number of nitrogens with zero attached hydrogens (tertiary/aromatic N) is 9. The third kappa shape index (κ3) is 11.1. The van der Waals surface area contributed by atoms with Crippen LogP contribution in [-0.4, -0.2) is 66.1 Å². The second-order valence-corrected chi connectivity index (χ2v) is 11.8. The van der Waals surface area contributed by atoms with Gasteiger partial charge in [0.05, 0.1) is 24.3 Å². The predicted octanol–water partition coefficient (Wildman–Crippen LogP) is 8.39. The molecule has 14 nitrogen and oxygen atoms in total. The Labute approximate surface area is 329 Å². The maximum Gasteiger partial charge on any atom is 0.499 e. The van der Waals surface area contributed by atoms with Gasteiger partial charge in [0.1, 0.15) is 29.7 Å². The lowest BCUT2D eigenvalue weighted by molar-refractivity contribution is -0.360. The fourth-order valence-electron chi connectivity index (χ4n) is 4.71. The van der Waals surface area contributed by atoms with Crippen molar-refractivity contribution in [1.29, 1.82) is 5.53 Å². The first-order valence-electron chi connectivity index (χ1n) is 16.4. The van der Waals surface area contributed by atoms with E-state index in [9.17, 15) is 53.5 Å². The van der Waals surface area contributed by atoms with Crippen LogP contribution in [0.25, 0.3) is 34.2 Å². The van der Waals surface area contributed by atoms with Gasteiger partial charge in [-0.3, -0.25) is 4.79 Å². The highest BCUT2D eigenvalue weighted by atomic mass is 19.4. The van der Waals surface area contributed by atoms with Crippen LogP contribution in [0.15, 0.2) is 120 Å². The van der Waals surface area contributed by atoms with Gasteiger partial charge < -0.3 is 9.47 Å². The Bertz CT molecular complexity index is 2490. The highest BCUT2D eigenvalue weighted by molar-refractivity contribution is 5.78. The molecule has 4 aromatic carbocycles. The summed E-state index contributed by atoms with van der Waals surface area (Å²) in [4.78, 5) is 35.9. The van der Waals surface area contributed by atoms with Gasteiger partial charge in [-0.05, 0) is 59.7 Å². The number of halogens is 10. The average molecular weight is 850 g/mol. The highest BCUT2D eigenvalue weighted by Crippen LogP contribution is 2.38. The number of rotatable bonds is 12. The van der Waals surface area contributed by atoms with Crippen molar-refractivity contribution in [3.63, 3.8) is 0 Å². The van der Waals surface area contributed by atoms with Crippen molar-refractivity contribution in [2.75, 3.05) is 0 Å². The Morgan fingerprint density at radius 1 is 0.633 bits per heavy atom. The quantitative estimate of drug-likeness (QED) is 0.0420. The first-order valence-corrected chi connectivity index (χ1v) is 16.4. The zero-order valence-corrected chi connectivity index (χ0v) is 29.7. The number of carbonyl (C=O) groups is 1. The molecule has 0 saturated carbocycles. The molecule has 310 valence electrons. The Morgan fingerprint density at radius 3 is 1.40 bits per heavy atom. The lowest BCUT2D eigenvalue weighted by Crippen LogP contribution is -2.41. The van der Waals surface area contributed by atoms with E-state index in [2.05, 4.69) is 44.7 Å². The smallest absolute Gasteiger partial charge is 0.426 e. The van der Waals surface area contributed by atoms with Crippen LogP contribution < -0.4 is 14.4 Å². The molecule has 2 aromatic heterocycles. The van der Waals surface area contributed by atoms with E-state index in [4.69, 9.17) is 5.53 Å². The summed E-state index contributed by atoms with van der Waals surface area (Å²) >= 11 is 0. The summed E-state index contributed by atoms with van der Waals surface area (Å²) in [5, 5.41) is 11.6. The molecule has 60 heavy (non-hydrogen) atoms. The van der Waals surface area contributed by atoms with E-state index in [-0.39, 0.29) is 13.0 Å². The van der Waals surface area contributed by atoms with Crippen molar-refractivity contribution < 1.29 is 63.0 Å². The van der Waals surface area contributed by atoms with Crippen molar-refractivity contribution in [3.05, 3.63) is 121 Å². The topological polar surface area (TPSA) is 177 Å². The number of amides is 1. The fourth-order valence-corrected chi connectivity index (χ4v) is 4.71. The van der Waals surface area contributed by atoms with Crippen molar-refractivity contribution in [3.8, 4) is 45.6 Å². The zero-order chi connectivity index (χ0) is 43.7. The Balaban J connectivity index is 0.000000228. The van der Waals surface area contributed by atoms with Crippen LogP contribution in [0.5, 0.6) is 11.5 Å². The normalized spacial score (nSPS) is 11.7. The summed E-state index contributed by atoms with van der Waals surface area (Å²) in [6, 6.07) is 22.4. The summed E-state index contributed by atoms with van der Waals surface area (Å²) in [6.45, 7) is 0.202. The number of aliphatic imine (C=N–C) groups is 1. The summed E-state index contributed by atoms with van der Waals surface area (Å²) < 4.78 is 135. The number of hydrogen-bond donors (Lipinski definition) is 1. The standard InChI is InChI=1S/C18H12F5N6O2.C18H11F5N4O2/c19-17(20,21)18(22,23)31-14-7-5-13(6-8-14)29-10-25-16(27-29)12-3-1-11(2-4-12)9-15(30)26-28-24;19-17(20,21)18(22,23)29-15-7-5-14(6-8-15)27-10-25-16(26-27)13-3-1-12(2-4-13)9-24-11-28/h1-8,10,24H,9H2;1-8,10H,9H2/q+1;. The van der Waals surface area contributed by atoms with E-state index in [0.717, 1.165) is 29.8 Å². The number of isocyanates is 1. The third-order valence-electron chi connectivity index (χ3n) is 7.61. The van der Waals surface area contributed by atoms with Gasteiger partial charge in [-0.15, -0.1) is 10.2 Å². The SMILES string of the molecule is N=[N+]=NC(=O)Cc1ccc(-c2ncn(-c3ccc(OC(F)(F)C(F)(F)F)cc3)n2)cc1.O=C=NCc1ccc(-c2ncn(-c3ccc(OC(F)(F)C(F)(F)F)cc3)n2)cc1. The van der Waals surface area contributed by atoms with Crippen LogP contribution in [0, 0.1) is 5.53 Å². The maximum atomic E-state index is 13.0. The number of benzene rings is 4. The zero-order valence-electron chi connectivity index (χ0n) is 29.7. The second kappa shape index (κ2) is 17.9. The summed E-state index contributed by atoms with van der Waals surface area (Å²) in [6.07, 6.45) is -18.1. The van der Waals surface area contributed by atoms with E-state index in [1.807, 2.05) is 0 Å². The molecular weight excluding hydrogens is 826 g/mol. The molecule has 2 heterocycles. The number of carbonyl (C=O) groups excluding carboxylic acids is 2.